The minimum absolute atomic E-state index is 0.301. The number of hydrogen-bond donors (Lipinski definition) is 0. The lowest BCUT2D eigenvalue weighted by Gasteiger charge is -2.07. The Hall–Kier alpha value is -2.46. The van der Waals surface area contributed by atoms with Crippen LogP contribution in [0.5, 0.6) is 0 Å². The molecule has 0 amide bonds. The number of thiazole rings is 1. The molecule has 3 rings (SSSR count). The molecule has 1 aromatic heterocycles. The van der Waals surface area contributed by atoms with Gasteiger partial charge in [-0.3, -0.25) is 0 Å². The van der Waals surface area contributed by atoms with Crippen molar-refractivity contribution in [3.8, 4) is 10.6 Å². The highest BCUT2D eigenvalue weighted by Crippen LogP contribution is 2.34. The van der Waals surface area contributed by atoms with Gasteiger partial charge in [-0.2, -0.15) is 0 Å². The molecule has 0 aliphatic carbocycles. The summed E-state index contributed by atoms with van der Waals surface area (Å²) >= 11 is 1.67. The Kier molecular flexibility index (Phi) is 5.61. The molecule has 0 radical (unpaired) electrons. The molecule has 0 saturated heterocycles. The number of carbonyl (C=O) groups is 1. The second kappa shape index (κ2) is 8.08. The van der Waals surface area contributed by atoms with Gasteiger partial charge in [-0.05, 0) is 42.7 Å². The van der Waals surface area contributed by atoms with Gasteiger partial charge in [0.25, 0.3) is 0 Å². The van der Waals surface area contributed by atoms with Gasteiger partial charge in [0.15, 0.2) is 0 Å². The van der Waals surface area contributed by atoms with E-state index in [0.717, 1.165) is 44.8 Å². The summed E-state index contributed by atoms with van der Waals surface area (Å²) in [5.41, 5.74) is 4.19. The van der Waals surface area contributed by atoms with Crippen LogP contribution in [0.1, 0.15) is 30.9 Å². The number of hydrogen-bond acceptors (Lipinski definition) is 4. The number of nitrogens with zero attached hydrogens (tertiary/aromatic N) is 1. The lowest BCUT2D eigenvalue weighted by Crippen LogP contribution is -2.01. The zero-order chi connectivity index (χ0) is 17.6. The van der Waals surface area contributed by atoms with Crippen molar-refractivity contribution in [1.29, 1.82) is 0 Å². The largest absolute Gasteiger partial charge is 0.463 e. The van der Waals surface area contributed by atoms with E-state index >= 15 is 0 Å². The van der Waals surface area contributed by atoms with E-state index < -0.39 is 0 Å². The summed E-state index contributed by atoms with van der Waals surface area (Å²) in [7, 11) is 0. The van der Waals surface area contributed by atoms with Crippen LogP contribution in [0.15, 0.2) is 48.5 Å². The van der Waals surface area contributed by atoms with Crippen LogP contribution in [0.4, 0.5) is 0 Å². The molecular formula is C21H21NO2S. The van der Waals surface area contributed by atoms with Crippen LogP contribution in [-0.2, 0) is 9.53 Å². The first-order valence-electron chi connectivity index (χ1n) is 8.49. The van der Waals surface area contributed by atoms with Crippen molar-refractivity contribution in [3.63, 3.8) is 0 Å². The van der Waals surface area contributed by atoms with Gasteiger partial charge in [0, 0.05) is 11.6 Å². The number of unbranched alkanes of at least 4 members (excludes halogenated alkanes) is 1. The van der Waals surface area contributed by atoms with Crippen molar-refractivity contribution in [2.75, 3.05) is 6.61 Å². The maximum absolute atomic E-state index is 11.8. The Balaban J connectivity index is 1.91. The average molecular weight is 351 g/mol. The first kappa shape index (κ1) is 17.4. The van der Waals surface area contributed by atoms with Gasteiger partial charge >= 0.3 is 5.97 Å². The number of fused-ring (bicyclic) bond motifs is 1. The Morgan fingerprint density at radius 2 is 2.04 bits per heavy atom. The lowest BCUT2D eigenvalue weighted by molar-refractivity contribution is -0.137. The normalized spacial score (nSPS) is 11.3. The summed E-state index contributed by atoms with van der Waals surface area (Å²) < 4.78 is 6.35. The Morgan fingerprint density at radius 1 is 1.20 bits per heavy atom. The molecule has 3 nitrogen and oxygen atoms in total. The fourth-order valence-electron chi connectivity index (χ4n) is 2.62. The number of rotatable bonds is 6. The summed E-state index contributed by atoms with van der Waals surface area (Å²) in [5, 5.41) is 0.971. The summed E-state index contributed by atoms with van der Waals surface area (Å²) in [5.74, 6) is -0.301. The van der Waals surface area contributed by atoms with E-state index in [9.17, 15) is 4.79 Å². The molecule has 0 fully saturated rings. The third-order valence-corrected chi connectivity index (χ3v) is 5.01. The highest BCUT2D eigenvalue weighted by atomic mass is 32.1. The summed E-state index contributed by atoms with van der Waals surface area (Å²) in [6.07, 6.45) is 5.22. The van der Waals surface area contributed by atoms with Gasteiger partial charge in [-0.1, -0.05) is 43.7 Å². The van der Waals surface area contributed by atoms with E-state index in [0.29, 0.717) is 6.61 Å². The monoisotopic (exact) mass is 351 g/mol. The molecule has 0 atom stereocenters. The van der Waals surface area contributed by atoms with Crippen molar-refractivity contribution in [1.82, 2.24) is 4.98 Å². The Bertz CT molecular complexity index is 878. The highest BCUT2D eigenvalue weighted by molar-refractivity contribution is 7.21. The van der Waals surface area contributed by atoms with Gasteiger partial charge in [-0.25, -0.2) is 9.78 Å². The SMILES string of the molecule is CCCCOC(=O)/C=C/c1cccc(C)c1-c1nc2ccccc2s1. The Morgan fingerprint density at radius 3 is 2.84 bits per heavy atom. The highest BCUT2D eigenvalue weighted by Gasteiger charge is 2.12. The molecule has 0 aliphatic rings. The van der Waals surface area contributed by atoms with Crippen LogP contribution in [0.25, 0.3) is 26.9 Å². The number of carbonyl (C=O) groups excluding carboxylic acids is 1. The Labute approximate surface area is 152 Å². The molecule has 0 unspecified atom stereocenters. The smallest absolute Gasteiger partial charge is 0.330 e. The molecule has 2 aromatic carbocycles. The topological polar surface area (TPSA) is 39.2 Å². The van der Waals surface area contributed by atoms with Crippen LogP contribution >= 0.6 is 11.3 Å². The van der Waals surface area contributed by atoms with Crippen LogP contribution in [-0.4, -0.2) is 17.6 Å². The van der Waals surface area contributed by atoms with Gasteiger partial charge in [0.1, 0.15) is 5.01 Å². The van der Waals surface area contributed by atoms with Crippen LogP contribution in [0.2, 0.25) is 0 Å². The van der Waals surface area contributed by atoms with Gasteiger partial charge in [0.05, 0.1) is 16.8 Å². The first-order chi connectivity index (χ1) is 12.2. The van der Waals surface area contributed by atoms with E-state index in [2.05, 4.69) is 26.0 Å². The third-order valence-electron chi connectivity index (χ3n) is 3.95. The quantitative estimate of drug-likeness (QED) is 0.328. The predicted molar refractivity (Wildman–Crippen MR) is 105 cm³/mol. The van der Waals surface area contributed by atoms with Crippen LogP contribution < -0.4 is 0 Å². The first-order valence-corrected chi connectivity index (χ1v) is 9.31. The lowest BCUT2D eigenvalue weighted by atomic mass is 10.0. The number of ether oxygens (including phenoxy) is 1. The summed E-state index contributed by atoms with van der Waals surface area (Å²) in [6.45, 7) is 4.61. The average Bonchev–Trinajstić information content (AvgIpc) is 3.03. The molecule has 0 saturated carbocycles. The molecule has 0 spiro atoms. The van der Waals surface area contributed by atoms with Gasteiger partial charge in [-0.15, -0.1) is 11.3 Å². The molecule has 0 aliphatic heterocycles. The fourth-order valence-corrected chi connectivity index (χ4v) is 3.72. The molecule has 25 heavy (non-hydrogen) atoms. The molecule has 0 N–H and O–H groups in total. The standard InChI is InChI=1S/C21H21NO2S/c1-3-4-14-24-19(23)13-12-16-9-7-8-15(2)20(16)21-22-17-10-5-6-11-18(17)25-21/h5-13H,3-4,14H2,1-2H3/b13-12+. The minimum Gasteiger partial charge on any atom is -0.463 e. The van der Waals surface area contributed by atoms with Gasteiger partial charge < -0.3 is 4.74 Å². The van der Waals surface area contributed by atoms with Crippen LogP contribution in [0, 0.1) is 6.92 Å². The number of esters is 1. The van der Waals surface area contributed by atoms with Crippen molar-refractivity contribution in [2.45, 2.75) is 26.7 Å². The van der Waals surface area contributed by atoms with Crippen molar-refractivity contribution in [3.05, 3.63) is 59.7 Å². The predicted octanol–water partition coefficient (Wildman–Crippen LogP) is 5.63. The zero-order valence-electron chi connectivity index (χ0n) is 14.5. The molecule has 4 heteroatoms. The van der Waals surface area contributed by atoms with Crippen molar-refractivity contribution in [2.24, 2.45) is 0 Å². The molecule has 0 bridgehead atoms. The van der Waals surface area contributed by atoms with E-state index in [4.69, 9.17) is 9.72 Å². The maximum atomic E-state index is 11.8. The number of para-hydroxylation sites is 1. The van der Waals surface area contributed by atoms with Crippen molar-refractivity contribution < 1.29 is 9.53 Å². The van der Waals surface area contributed by atoms with E-state index in [1.54, 1.807) is 11.3 Å². The number of aromatic nitrogens is 1. The molecular weight excluding hydrogens is 330 g/mol. The zero-order valence-corrected chi connectivity index (χ0v) is 15.3. The summed E-state index contributed by atoms with van der Waals surface area (Å²) in [4.78, 5) is 16.6. The molecule has 128 valence electrons. The van der Waals surface area contributed by atoms with Gasteiger partial charge in [0.2, 0.25) is 0 Å². The number of benzene rings is 2. The van der Waals surface area contributed by atoms with E-state index in [1.165, 1.54) is 6.08 Å². The fraction of sp³-hybridized carbons (Fsp3) is 0.238. The number of aryl methyl sites for hydroxylation is 1. The molecule has 3 aromatic rings. The maximum Gasteiger partial charge on any atom is 0.330 e. The van der Waals surface area contributed by atoms with Crippen molar-refractivity contribution >= 4 is 33.6 Å². The second-order valence-electron chi connectivity index (χ2n) is 5.88. The second-order valence-corrected chi connectivity index (χ2v) is 6.91. The van der Waals surface area contributed by atoms with E-state index in [-0.39, 0.29) is 5.97 Å². The molecule has 1 heterocycles. The van der Waals surface area contributed by atoms with Crippen LogP contribution in [0.3, 0.4) is 0 Å². The van der Waals surface area contributed by atoms with E-state index in [1.807, 2.05) is 36.4 Å². The minimum atomic E-state index is -0.301. The third kappa shape index (κ3) is 4.15. The summed E-state index contributed by atoms with van der Waals surface area (Å²) in [6, 6.07) is 14.2.